The lowest BCUT2D eigenvalue weighted by atomic mass is 9.85. The second-order valence-electron chi connectivity index (χ2n) is 5.45. The molecule has 0 unspecified atom stereocenters. The molecule has 0 aromatic heterocycles. The van der Waals surface area contributed by atoms with E-state index in [1.54, 1.807) is 0 Å². The zero-order valence-electron chi connectivity index (χ0n) is 12.3. The van der Waals surface area contributed by atoms with Crippen LogP contribution in [0.25, 0.3) is 0 Å². The van der Waals surface area contributed by atoms with Crippen LogP contribution in [0.15, 0.2) is 81.7 Å². The van der Waals surface area contributed by atoms with Crippen molar-refractivity contribution in [2.45, 2.75) is 12.8 Å². The normalized spacial score (nSPS) is 10.9. The molecule has 0 N–H and O–H groups in total. The molecule has 0 atom stereocenters. The Hall–Kier alpha value is -1.38. The molecule has 0 nitrogen and oxygen atoms in total. The highest BCUT2D eigenvalue weighted by Gasteiger charge is 2.16. The van der Waals surface area contributed by atoms with Crippen LogP contribution in [0.2, 0.25) is 0 Å². The number of benzene rings is 3. The Morgan fingerprint density at radius 3 is 1.23 bits per heavy atom. The molecule has 0 aliphatic rings. The molecule has 3 aromatic rings. The summed E-state index contributed by atoms with van der Waals surface area (Å²) < 4.78 is 2.21. The van der Waals surface area contributed by atoms with Crippen LogP contribution in [0.1, 0.15) is 28.2 Å². The molecule has 0 radical (unpaired) electrons. The van der Waals surface area contributed by atoms with Crippen molar-refractivity contribution in [1.82, 2.24) is 0 Å². The van der Waals surface area contributed by atoms with Gasteiger partial charge in [0, 0.05) is 14.9 Å². The predicted octanol–water partition coefficient (Wildman–Crippen LogP) is 6.70. The van der Waals surface area contributed by atoms with Crippen LogP contribution in [-0.4, -0.2) is 0 Å². The minimum atomic E-state index is 0.252. The van der Waals surface area contributed by atoms with E-state index in [-0.39, 0.29) is 5.92 Å². The zero-order chi connectivity index (χ0) is 15.5. The van der Waals surface area contributed by atoms with Crippen molar-refractivity contribution in [2.24, 2.45) is 0 Å². The van der Waals surface area contributed by atoms with E-state index in [9.17, 15) is 0 Å². The number of aryl methyl sites for hydroxylation is 1. The lowest BCUT2D eigenvalue weighted by Gasteiger charge is -2.19. The van der Waals surface area contributed by atoms with Crippen LogP contribution in [0, 0.1) is 6.92 Å². The van der Waals surface area contributed by atoms with E-state index < -0.39 is 0 Å². The Kier molecular flexibility index (Phi) is 4.80. The Morgan fingerprint density at radius 2 is 0.864 bits per heavy atom. The van der Waals surface area contributed by atoms with Gasteiger partial charge in [0.05, 0.1) is 0 Å². The molecule has 110 valence electrons. The molecule has 0 saturated heterocycles. The van der Waals surface area contributed by atoms with Gasteiger partial charge in [0.1, 0.15) is 0 Å². The van der Waals surface area contributed by atoms with Gasteiger partial charge in [-0.05, 0) is 47.9 Å². The van der Waals surface area contributed by atoms with E-state index in [1.807, 2.05) is 0 Å². The third kappa shape index (κ3) is 3.50. The molecule has 0 bridgehead atoms. The summed E-state index contributed by atoms with van der Waals surface area (Å²) in [6.07, 6.45) is 0. The first-order valence-corrected chi connectivity index (χ1v) is 8.79. The Bertz CT molecular complexity index is 633. The van der Waals surface area contributed by atoms with Gasteiger partial charge in [-0.15, -0.1) is 0 Å². The molecule has 3 aromatic carbocycles. The highest BCUT2D eigenvalue weighted by Crippen LogP contribution is 2.33. The molecule has 0 aliphatic carbocycles. The fourth-order valence-corrected chi connectivity index (χ4v) is 3.18. The van der Waals surface area contributed by atoms with E-state index in [4.69, 9.17) is 0 Å². The number of halogens is 2. The molecule has 0 saturated carbocycles. The van der Waals surface area contributed by atoms with Crippen molar-refractivity contribution in [3.05, 3.63) is 104 Å². The topological polar surface area (TPSA) is 0 Å². The van der Waals surface area contributed by atoms with Gasteiger partial charge in [-0.2, -0.15) is 0 Å². The van der Waals surface area contributed by atoms with Gasteiger partial charge in [-0.25, -0.2) is 0 Å². The maximum atomic E-state index is 3.52. The van der Waals surface area contributed by atoms with Crippen LogP contribution < -0.4 is 0 Å². The van der Waals surface area contributed by atoms with Gasteiger partial charge in [-0.1, -0.05) is 86.0 Å². The average molecular weight is 416 g/mol. The van der Waals surface area contributed by atoms with Crippen LogP contribution in [-0.2, 0) is 0 Å². The molecule has 22 heavy (non-hydrogen) atoms. The van der Waals surface area contributed by atoms with Crippen molar-refractivity contribution in [3.8, 4) is 0 Å². The van der Waals surface area contributed by atoms with Gasteiger partial charge in [-0.3, -0.25) is 0 Å². The summed E-state index contributed by atoms with van der Waals surface area (Å²) >= 11 is 7.04. The summed E-state index contributed by atoms with van der Waals surface area (Å²) in [5.74, 6) is 0.252. The second-order valence-corrected chi connectivity index (χ2v) is 7.28. The van der Waals surface area contributed by atoms with Crippen molar-refractivity contribution in [3.63, 3.8) is 0 Å². The largest absolute Gasteiger partial charge is 0.0590 e. The lowest BCUT2D eigenvalue weighted by Crippen LogP contribution is -2.03. The van der Waals surface area contributed by atoms with Crippen LogP contribution in [0.3, 0.4) is 0 Å². The summed E-state index contributed by atoms with van der Waals surface area (Å²) in [5.41, 5.74) is 5.20. The maximum absolute atomic E-state index is 3.52. The number of hydrogen-bond donors (Lipinski definition) is 0. The molecule has 0 spiro atoms. The van der Waals surface area contributed by atoms with E-state index in [0.29, 0.717) is 0 Å². The fourth-order valence-electron chi connectivity index (χ4n) is 2.65. The van der Waals surface area contributed by atoms with Gasteiger partial charge in [0.15, 0.2) is 0 Å². The smallest absolute Gasteiger partial charge is 0.0340 e. The van der Waals surface area contributed by atoms with Crippen molar-refractivity contribution in [2.75, 3.05) is 0 Å². The minimum absolute atomic E-state index is 0.252. The maximum Gasteiger partial charge on any atom is 0.0340 e. The first-order chi connectivity index (χ1) is 10.6. The van der Waals surface area contributed by atoms with Gasteiger partial charge >= 0.3 is 0 Å². The molecule has 0 fully saturated rings. The highest BCUT2D eigenvalue weighted by molar-refractivity contribution is 9.10. The first-order valence-electron chi connectivity index (χ1n) is 7.21. The third-order valence-corrected chi connectivity index (χ3v) is 4.87. The summed E-state index contributed by atoms with van der Waals surface area (Å²) in [6, 6.07) is 26.0. The minimum Gasteiger partial charge on any atom is -0.0590 e. The van der Waals surface area contributed by atoms with Crippen molar-refractivity contribution < 1.29 is 0 Å². The summed E-state index contributed by atoms with van der Waals surface area (Å²) in [4.78, 5) is 0. The number of rotatable bonds is 3. The van der Waals surface area contributed by atoms with Crippen LogP contribution >= 0.6 is 31.9 Å². The monoisotopic (exact) mass is 414 g/mol. The average Bonchev–Trinajstić information content (AvgIpc) is 2.53. The van der Waals surface area contributed by atoms with Gasteiger partial charge < -0.3 is 0 Å². The van der Waals surface area contributed by atoms with Crippen molar-refractivity contribution in [1.29, 1.82) is 0 Å². The standard InChI is InChI=1S/C20H16Br2/c1-14-2-4-15(5-3-14)20(16-6-10-18(21)11-7-16)17-8-12-19(22)13-9-17/h2-13,20H,1H3. The molecule has 0 aliphatic heterocycles. The van der Waals surface area contributed by atoms with Gasteiger partial charge in [0.2, 0.25) is 0 Å². The first kappa shape index (κ1) is 15.5. The quantitative estimate of drug-likeness (QED) is 0.417. The zero-order valence-corrected chi connectivity index (χ0v) is 15.4. The van der Waals surface area contributed by atoms with Gasteiger partial charge in [0.25, 0.3) is 0 Å². The second kappa shape index (κ2) is 6.80. The molecule has 2 heteroatoms. The Labute approximate surface area is 148 Å². The third-order valence-electron chi connectivity index (χ3n) is 3.82. The SMILES string of the molecule is Cc1ccc(C(c2ccc(Br)cc2)c2ccc(Br)cc2)cc1. The van der Waals surface area contributed by atoms with E-state index in [2.05, 4.69) is 112 Å². The van der Waals surface area contributed by atoms with E-state index in [1.165, 1.54) is 22.3 Å². The number of hydrogen-bond acceptors (Lipinski definition) is 0. The summed E-state index contributed by atoms with van der Waals surface area (Å²) in [6.45, 7) is 2.12. The van der Waals surface area contributed by atoms with Crippen LogP contribution in [0.5, 0.6) is 0 Å². The molecular weight excluding hydrogens is 400 g/mol. The molecule has 0 amide bonds. The summed E-state index contributed by atoms with van der Waals surface area (Å²) in [5, 5.41) is 0. The lowest BCUT2D eigenvalue weighted by molar-refractivity contribution is 0.974. The Balaban J connectivity index is 2.10. The summed E-state index contributed by atoms with van der Waals surface area (Å²) in [7, 11) is 0. The van der Waals surface area contributed by atoms with Crippen molar-refractivity contribution >= 4 is 31.9 Å². The van der Waals surface area contributed by atoms with E-state index in [0.717, 1.165) is 8.95 Å². The Morgan fingerprint density at radius 1 is 0.545 bits per heavy atom. The fraction of sp³-hybridized carbons (Fsp3) is 0.100. The molecule has 0 heterocycles. The highest BCUT2D eigenvalue weighted by atomic mass is 79.9. The van der Waals surface area contributed by atoms with Crippen LogP contribution in [0.4, 0.5) is 0 Å². The predicted molar refractivity (Wildman–Crippen MR) is 100 cm³/mol. The van der Waals surface area contributed by atoms with E-state index >= 15 is 0 Å². The molecular formula is C20H16Br2. The molecule has 3 rings (SSSR count).